The number of ether oxygens (including phenoxy) is 1. The number of aromatic nitrogens is 1. The molecule has 0 bridgehead atoms. The molecule has 0 aliphatic heterocycles. The minimum atomic E-state index is -0.393. The molecule has 18 heavy (non-hydrogen) atoms. The van der Waals surface area contributed by atoms with Crippen molar-refractivity contribution in [2.75, 3.05) is 5.73 Å². The molecule has 2 rings (SSSR count). The van der Waals surface area contributed by atoms with Crippen molar-refractivity contribution in [3.8, 4) is 0 Å². The zero-order chi connectivity index (χ0) is 13.0. The molecule has 92 valence electrons. The summed E-state index contributed by atoms with van der Waals surface area (Å²) in [7, 11) is 0. The van der Waals surface area contributed by atoms with Crippen molar-refractivity contribution in [3.05, 3.63) is 59.4 Å². The predicted octanol–water partition coefficient (Wildman–Crippen LogP) is 2.33. The van der Waals surface area contributed by atoms with E-state index in [9.17, 15) is 4.79 Å². The highest BCUT2D eigenvalue weighted by Gasteiger charge is 2.08. The number of carbonyl (C=O) groups is 1. The van der Waals surface area contributed by atoms with Gasteiger partial charge in [0.25, 0.3) is 0 Å². The lowest BCUT2D eigenvalue weighted by atomic mass is 10.1. The summed E-state index contributed by atoms with van der Waals surface area (Å²) >= 11 is 0. The Morgan fingerprint density at radius 3 is 2.83 bits per heavy atom. The number of nitrogen functional groups attached to an aromatic ring is 1. The highest BCUT2D eigenvalue weighted by Crippen LogP contribution is 2.13. The third kappa shape index (κ3) is 3.07. The second kappa shape index (κ2) is 5.31. The van der Waals surface area contributed by atoms with E-state index in [-0.39, 0.29) is 6.61 Å². The Morgan fingerprint density at radius 2 is 2.17 bits per heavy atom. The van der Waals surface area contributed by atoms with Crippen molar-refractivity contribution in [3.63, 3.8) is 0 Å². The average molecular weight is 242 g/mol. The summed E-state index contributed by atoms with van der Waals surface area (Å²) in [5.41, 5.74) is 8.35. The van der Waals surface area contributed by atoms with Crippen molar-refractivity contribution < 1.29 is 9.53 Å². The minimum Gasteiger partial charge on any atom is -0.456 e. The van der Waals surface area contributed by atoms with E-state index < -0.39 is 5.97 Å². The number of benzene rings is 1. The van der Waals surface area contributed by atoms with Gasteiger partial charge in [-0.3, -0.25) is 4.98 Å². The third-order valence-corrected chi connectivity index (χ3v) is 2.41. The maximum Gasteiger partial charge on any atom is 0.338 e. The van der Waals surface area contributed by atoms with E-state index in [4.69, 9.17) is 10.5 Å². The van der Waals surface area contributed by atoms with Crippen LogP contribution in [0.3, 0.4) is 0 Å². The van der Waals surface area contributed by atoms with Gasteiger partial charge in [0, 0.05) is 11.9 Å². The smallest absolute Gasteiger partial charge is 0.338 e. The fourth-order valence-corrected chi connectivity index (χ4v) is 1.64. The molecular formula is C14H14N2O2. The molecule has 0 atom stereocenters. The van der Waals surface area contributed by atoms with E-state index >= 15 is 0 Å². The molecule has 2 N–H and O–H groups in total. The summed E-state index contributed by atoms with van der Waals surface area (Å²) in [4.78, 5) is 15.9. The predicted molar refractivity (Wildman–Crippen MR) is 68.9 cm³/mol. The van der Waals surface area contributed by atoms with Gasteiger partial charge >= 0.3 is 5.97 Å². The largest absolute Gasteiger partial charge is 0.456 e. The van der Waals surface area contributed by atoms with Gasteiger partial charge in [0.05, 0.1) is 11.3 Å². The average Bonchev–Trinajstić information content (AvgIpc) is 2.36. The van der Waals surface area contributed by atoms with Crippen LogP contribution >= 0.6 is 0 Å². The Labute approximate surface area is 105 Å². The first-order chi connectivity index (χ1) is 8.65. The van der Waals surface area contributed by atoms with Gasteiger partial charge in [0.1, 0.15) is 6.61 Å². The fourth-order valence-electron chi connectivity index (χ4n) is 1.64. The van der Waals surface area contributed by atoms with E-state index in [1.807, 2.05) is 19.1 Å². The second-order valence-corrected chi connectivity index (χ2v) is 4.03. The summed E-state index contributed by atoms with van der Waals surface area (Å²) in [6, 6.07) is 10.6. The number of esters is 1. The van der Waals surface area contributed by atoms with Gasteiger partial charge in [0.15, 0.2) is 0 Å². The first kappa shape index (κ1) is 12.1. The van der Waals surface area contributed by atoms with Gasteiger partial charge < -0.3 is 10.5 Å². The lowest BCUT2D eigenvalue weighted by Gasteiger charge is -2.06. The Hall–Kier alpha value is -2.36. The summed E-state index contributed by atoms with van der Waals surface area (Å²) < 4.78 is 5.17. The van der Waals surface area contributed by atoms with Crippen LogP contribution in [0.15, 0.2) is 42.6 Å². The number of hydrogen-bond acceptors (Lipinski definition) is 4. The van der Waals surface area contributed by atoms with Crippen LogP contribution in [-0.2, 0) is 11.3 Å². The maximum atomic E-state index is 11.8. The van der Waals surface area contributed by atoms with Gasteiger partial charge in [-0.2, -0.15) is 0 Å². The molecule has 0 radical (unpaired) electrons. The van der Waals surface area contributed by atoms with E-state index in [0.717, 1.165) is 5.56 Å². The molecule has 0 amide bonds. The van der Waals surface area contributed by atoms with Crippen LogP contribution in [0.2, 0.25) is 0 Å². The van der Waals surface area contributed by atoms with Crippen molar-refractivity contribution in [1.29, 1.82) is 0 Å². The molecule has 0 aliphatic carbocycles. The normalized spacial score (nSPS) is 10.1. The van der Waals surface area contributed by atoms with E-state index in [0.29, 0.717) is 16.9 Å². The standard InChI is InChI=1S/C14H14N2O2/c1-10-6-11(8-12(15)7-10)14(17)18-9-13-4-2-3-5-16-13/h2-8H,9,15H2,1H3. The minimum absolute atomic E-state index is 0.160. The molecule has 0 saturated heterocycles. The molecule has 0 saturated carbocycles. The number of aryl methyl sites for hydroxylation is 1. The van der Waals surface area contributed by atoms with Crippen molar-refractivity contribution in [2.24, 2.45) is 0 Å². The SMILES string of the molecule is Cc1cc(N)cc(C(=O)OCc2ccccn2)c1. The second-order valence-electron chi connectivity index (χ2n) is 4.03. The van der Waals surface area contributed by atoms with Crippen LogP contribution in [0, 0.1) is 6.92 Å². The Balaban J connectivity index is 2.04. The topological polar surface area (TPSA) is 65.2 Å². The molecule has 0 fully saturated rings. The highest BCUT2D eigenvalue weighted by atomic mass is 16.5. The quantitative estimate of drug-likeness (QED) is 0.662. The number of nitrogens with two attached hydrogens (primary N) is 1. The number of anilines is 1. The molecule has 0 aliphatic rings. The van der Waals surface area contributed by atoms with Gasteiger partial charge in [-0.05, 0) is 42.8 Å². The number of hydrogen-bond donors (Lipinski definition) is 1. The zero-order valence-electron chi connectivity index (χ0n) is 10.1. The zero-order valence-corrected chi connectivity index (χ0v) is 10.1. The Bertz CT molecular complexity index is 533. The maximum absolute atomic E-state index is 11.8. The molecule has 1 aromatic carbocycles. The summed E-state index contributed by atoms with van der Waals surface area (Å²) in [6.07, 6.45) is 1.66. The molecule has 4 heteroatoms. The summed E-state index contributed by atoms with van der Waals surface area (Å²) in [5, 5.41) is 0. The van der Waals surface area contributed by atoms with E-state index in [2.05, 4.69) is 4.98 Å². The van der Waals surface area contributed by atoms with E-state index in [1.54, 1.807) is 30.5 Å². The fraction of sp³-hybridized carbons (Fsp3) is 0.143. The first-order valence-electron chi connectivity index (χ1n) is 5.59. The first-order valence-corrected chi connectivity index (χ1v) is 5.59. The lowest BCUT2D eigenvalue weighted by molar-refractivity contribution is 0.0467. The van der Waals surface area contributed by atoms with Crippen molar-refractivity contribution in [2.45, 2.75) is 13.5 Å². The molecule has 0 spiro atoms. The number of carbonyl (C=O) groups excluding carboxylic acids is 1. The third-order valence-electron chi connectivity index (χ3n) is 2.41. The molecular weight excluding hydrogens is 228 g/mol. The van der Waals surface area contributed by atoms with Crippen LogP contribution in [0.25, 0.3) is 0 Å². The lowest BCUT2D eigenvalue weighted by Crippen LogP contribution is -2.07. The van der Waals surface area contributed by atoms with Gasteiger partial charge in [-0.15, -0.1) is 0 Å². The Kier molecular flexibility index (Phi) is 3.57. The number of rotatable bonds is 3. The van der Waals surface area contributed by atoms with E-state index in [1.165, 1.54) is 0 Å². The summed E-state index contributed by atoms with van der Waals surface area (Å²) in [6.45, 7) is 2.04. The molecule has 1 aromatic heterocycles. The van der Waals surface area contributed by atoms with Gasteiger partial charge in [0.2, 0.25) is 0 Å². The molecule has 2 aromatic rings. The van der Waals surface area contributed by atoms with Gasteiger partial charge in [-0.1, -0.05) is 6.07 Å². The van der Waals surface area contributed by atoms with Crippen molar-refractivity contribution >= 4 is 11.7 Å². The van der Waals surface area contributed by atoms with Gasteiger partial charge in [-0.25, -0.2) is 4.79 Å². The molecule has 4 nitrogen and oxygen atoms in total. The van der Waals surface area contributed by atoms with Crippen LogP contribution in [-0.4, -0.2) is 11.0 Å². The monoisotopic (exact) mass is 242 g/mol. The van der Waals surface area contributed by atoms with Crippen LogP contribution in [0.4, 0.5) is 5.69 Å². The summed E-state index contributed by atoms with van der Waals surface area (Å²) in [5.74, 6) is -0.393. The van der Waals surface area contributed by atoms with Crippen LogP contribution in [0.5, 0.6) is 0 Å². The van der Waals surface area contributed by atoms with Crippen LogP contribution in [0.1, 0.15) is 21.6 Å². The number of pyridine rings is 1. The molecule has 0 unspecified atom stereocenters. The Morgan fingerprint density at radius 1 is 1.33 bits per heavy atom. The molecule has 1 heterocycles. The highest BCUT2D eigenvalue weighted by molar-refractivity contribution is 5.90. The number of nitrogens with zero attached hydrogens (tertiary/aromatic N) is 1. The van der Waals surface area contributed by atoms with Crippen molar-refractivity contribution in [1.82, 2.24) is 4.98 Å². The van der Waals surface area contributed by atoms with Crippen LogP contribution < -0.4 is 5.73 Å².